The Hall–Kier alpha value is -2.77. The number of carbonyl (C=O) groups is 2. The minimum absolute atomic E-state index is 0.0236. The van der Waals surface area contributed by atoms with Crippen molar-refractivity contribution in [2.24, 2.45) is 0 Å². The average Bonchev–Trinajstić information content (AvgIpc) is 3.30. The molecule has 0 bridgehead atoms. The van der Waals surface area contributed by atoms with Gasteiger partial charge in [-0.05, 0) is 43.7 Å². The van der Waals surface area contributed by atoms with Crippen LogP contribution in [0.1, 0.15) is 38.8 Å². The van der Waals surface area contributed by atoms with Gasteiger partial charge in [0.25, 0.3) is 5.91 Å². The first-order chi connectivity index (χ1) is 13.9. The molecule has 3 aromatic rings. The molecule has 8 heteroatoms. The van der Waals surface area contributed by atoms with Gasteiger partial charge in [0.15, 0.2) is 0 Å². The van der Waals surface area contributed by atoms with Gasteiger partial charge >= 0.3 is 0 Å². The number of hydrogen-bond acceptors (Lipinski definition) is 5. The van der Waals surface area contributed by atoms with Crippen molar-refractivity contribution in [3.63, 3.8) is 0 Å². The van der Waals surface area contributed by atoms with E-state index >= 15 is 0 Å². The molecule has 6 nitrogen and oxygen atoms in total. The first kappa shape index (κ1) is 19.5. The van der Waals surface area contributed by atoms with Crippen LogP contribution < -0.4 is 10.2 Å². The molecule has 0 radical (unpaired) electrons. The zero-order chi connectivity index (χ0) is 20.5. The van der Waals surface area contributed by atoms with Crippen molar-refractivity contribution in [1.82, 2.24) is 10.2 Å². The normalized spacial score (nSPS) is 16.3. The van der Waals surface area contributed by atoms with Crippen LogP contribution in [0.15, 0.2) is 42.5 Å². The summed E-state index contributed by atoms with van der Waals surface area (Å²) in [7, 11) is 0. The molecule has 148 valence electrons. The minimum Gasteiger partial charge on any atom is -0.312 e. The van der Waals surface area contributed by atoms with Crippen molar-refractivity contribution in [2.45, 2.75) is 26.2 Å². The maximum atomic E-state index is 12.5. The topological polar surface area (TPSA) is 75.2 Å². The molecule has 0 aliphatic carbocycles. The van der Waals surface area contributed by atoms with Crippen LogP contribution >= 0.6 is 22.9 Å². The van der Waals surface area contributed by atoms with Crippen LogP contribution in [0.2, 0.25) is 5.02 Å². The Morgan fingerprint density at radius 2 is 2.03 bits per heavy atom. The second-order valence-electron chi connectivity index (χ2n) is 7.11. The Kier molecular flexibility index (Phi) is 5.34. The molecule has 1 fully saturated rings. The van der Waals surface area contributed by atoms with E-state index in [0.717, 1.165) is 21.8 Å². The highest BCUT2D eigenvalue weighted by Gasteiger charge is 2.34. The number of benzene rings is 2. The summed E-state index contributed by atoms with van der Waals surface area (Å²) in [6.07, 6.45) is 0.353. The summed E-state index contributed by atoms with van der Waals surface area (Å²) in [5.74, 6) is -0.269. The van der Waals surface area contributed by atoms with Crippen LogP contribution in [-0.2, 0) is 4.79 Å². The van der Waals surface area contributed by atoms with Gasteiger partial charge < -0.3 is 4.90 Å². The van der Waals surface area contributed by atoms with Crippen molar-refractivity contribution < 1.29 is 9.59 Å². The van der Waals surface area contributed by atoms with E-state index in [9.17, 15) is 9.59 Å². The SMILES string of the molecule is Cc1cccc(C(=O)Nc2nnc([C@H]3CC(=O)N(c4ccc(C)c(Cl)c4)C3)s2)c1. The number of rotatable bonds is 4. The van der Waals surface area contributed by atoms with Crippen LogP contribution in [0.3, 0.4) is 0 Å². The molecule has 2 heterocycles. The third-order valence-corrected chi connectivity index (χ3v) is 6.29. The molecule has 1 aromatic heterocycles. The fourth-order valence-electron chi connectivity index (χ4n) is 3.28. The van der Waals surface area contributed by atoms with Gasteiger partial charge in [-0.3, -0.25) is 14.9 Å². The van der Waals surface area contributed by atoms with E-state index in [1.807, 2.05) is 50.2 Å². The quantitative estimate of drug-likeness (QED) is 0.662. The fraction of sp³-hybridized carbons (Fsp3) is 0.238. The molecule has 1 N–H and O–H groups in total. The number of nitrogens with one attached hydrogen (secondary N) is 1. The third kappa shape index (κ3) is 4.16. The summed E-state index contributed by atoms with van der Waals surface area (Å²) in [4.78, 5) is 26.6. The number of anilines is 2. The van der Waals surface area contributed by atoms with Crippen LogP contribution in [-0.4, -0.2) is 28.6 Å². The van der Waals surface area contributed by atoms with Crippen LogP contribution in [0, 0.1) is 13.8 Å². The lowest BCUT2D eigenvalue weighted by molar-refractivity contribution is -0.117. The summed E-state index contributed by atoms with van der Waals surface area (Å²) >= 11 is 7.51. The molecular formula is C21H19ClN4O2S. The van der Waals surface area contributed by atoms with E-state index in [4.69, 9.17) is 11.6 Å². The summed E-state index contributed by atoms with van der Waals surface area (Å²) in [5.41, 5.74) is 3.33. The number of aryl methyl sites for hydroxylation is 2. The van der Waals surface area contributed by atoms with E-state index in [0.29, 0.717) is 28.7 Å². The summed E-state index contributed by atoms with van der Waals surface area (Å²) in [6.45, 7) is 4.37. The van der Waals surface area contributed by atoms with Crippen molar-refractivity contribution in [2.75, 3.05) is 16.8 Å². The highest BCUT2D eigenvalue weighted by Crippen LogP contribution is 2.35. The standard InChI is InChI=1S/C21H19ClN4O2S/c1-12-4-3-5-14(8-12)19(28)23-21-25-24-20(29-21)15-9-18(27)26(11-15)16-7-6-13(2)17(22)10-16/h3-8,10,15H,9,11H2,1-2H3,(H,23,25,28)/t15-/m0/s1. The lowest BCUT2D eigenvalue weighted by Crippen LogP contribution is -2.24. The van der Waals surface area contributed by atoms with E-state index < -0.39 is 0 Å². The Morgan fingerprint density at radius 1 is 1.21 bits per heavy atom. The average molecular weight is 427 g/mol. The largest absolute Gasteiger partial charge is 0.312 e. The van der Waals surface area contributed by atoms with Crippen LogP contribution in [0.4, 0.5) is 10.8 Å². The highest BCUT2D eigenvalue weighted by molar-refractivity contribution is 7.15. The first-order valence-corrected chi connectivity index (χ1v) is 10.4. The maximum Gasteiger partial charge on any atom is 0.257 e. The molecule has 1 atom stereocenters. The lowest BCUT2D eigenvalue weighted by atomic mass is 10.1. The molecule has 4 rings (SSSR count). The van der Waals surface area contributed by atoms with E-state index in [2.05, 4.69) is 15.5 Å². The minimum atomic E-state index is -0.227. The van der Waals surface area contributed by atoms with Crippen LogP contribution in [0.25, 0.3) is 0 Å². The molecular weight excluding hydrogens is 408 g/mol. The molecule has 1 saturated heterocycles. The van der Waals surface area contributed by atoms with Gasteiger partial charge in [0.05, 0.1) is 0 Å². The molecule has 0 unspecified atom stereocenters. The highest BCUT2D eigenvalue weighted by atomic mass is 35.5. The summed E-state index contributed by atoms with van der Waals surface area (Å²) in [6, 6.07) is 13.0. The number of aromatic nitrogens is 2. The molecule has 2 amide bonds. The van der Waals surface area contributed by atoms with E-state index in [1.54, 1.807) is 11.0 Å². The van der Waals surface area contributed by atoms with E-state index in [-0.39, 0.29) is 17.7 Å². The van der Waals surface area contributed by atoms with Crippen molar-refractivity contribution in [3.8, 4) is 0 Å². The Balaban J connectivity index is 1.46. The Bertz CT molecular complexity index is 1100. The van der Waals surface area contributed by atoms with E-state index in [1.165, 1.54) is 11.3 Å². The van der Waals surface area contributed by atoms with Crippen molar-refractivity contribution in [1.29, 1.82) is 0 Å². The van der Waals surface area contributed by atoms with Crippen LogP contribution in [0.5, 0.6) is 0 Å². The van der Waals surface area contributed by atoms with Crippen molar-refractivity contribution in [3.05, 3.63) is 69.2 Å². The second kappa shape index (κ2) is 7.93. The van der Waals surface area contributed by atoms with Gasteiger partial charge in [0.2, 0.25) is 11.0 Å². The number of hydrogen-bond donors (Lipinski definition) is 1. The smallest absolute Gasteiger partial charge is 0.257 e. The monoisotopic (exact) mass is 426 g/mol. The summed E-state index contributed by atoms with van der Waals surface area (Å²) < 4.78 is 0. The zero-order valence-corrected chi connectivity index (χ0v) is 17.5. The number of halogens is 1. The molecule has 29 heavy (non-hydrogen) atoms. The summed E-state index contributed by atoms with van der Waals surface area (Å²) in [5, 5.41) is 12.9. The molecule has 0 spiro atoms. The molecule has 1 aliphatic rings. The van der Waals surface area contributed by atoms with Gasteiger partial charge in [-0.2, -0.15) is 0 Å². The second-order valence-corrected chi connectivity index (χ2v) is 8.52. The number of amides is 2. The lowest BCUT2D eigenvalue weighted by Gasteiger charge is -2.17. The fourth-order valence-corrected chi connectivity index (χ4v) is 4.28. The molecule has 2 aromatic carbocycles. The molecule has 1 aliphatic heterocycles. The van der Waals surface area contributed by atoms with Gasteiger partial charge in [-0.25, -0.2) is 0 Å². The predicted octanol–water partition coefficient (Wildman–Crippen LogP) is 4.58. The number of nitrogens with zero attached hydrogens (tertiary/aromatic N) is 3. The number of carbonyl (C=O) groups excluding carboxylic acids is 2. The van der Waals surface area contributed by atoms with Gasteiger partial charge in [0.1, 0.15) is 5.01 Å². The Labute approximate surface area is 177 Å². The maximum absolute atomic E-state index is 12.5. The molecule has 0 saturated carbocycles. The van der Waals surface area contributed by atoms with Gasteiger partial charge in [-0.15, -0.1) is 10.2 Å². The first-order valence-electron chi connectivity index (χ1n) is 9.18. The Morgan fingerprint density at radius 3 is 2.79 bits per heavy atom. The predicted molar refractivity (Wildman–Crippen MR) is 115 cm³/mol. The third-order valence-electron chi connectivity index (χ3n) is 4.88. The van der Waals surface area contributed by atoms with Gasteiger partial charge in [0, 0.05) is 35.2 Å². The van der Waals surface area contributed by atoms with Gasteiger partial charge in [-0.1, -0.05) is 46.7 Å². The van der Waals surface area contributed by atoms with Crippen molar-refractivity contribution >= 4 is 45.6 Å². The zero-order valence-electron chi connectivity index (χ0n) is 16.0.